The number of anilines is 2. The lowest BCUT2D eigenvalue weighted by Gasteiger charge is -2.21. The third kappa shape index (κ3) is 4.10. The summed E-state index contributed by atoms with van der Waals surface area (Å²) in [6, 6.07) is 15.2. The van der Waals surface area contributed by atoms with Gasteiger partial charge in [-0.15, -0.1) is 0 Å². The van der Waals surface area contributed by atoms with E-state index in [2.05, 4.69) is 16.0 Å². The smallest absolute Gasteiger partial charge is 0.319 e. The van der Waals surface area contributed by atoms with Crippen LogP contribution in [-0.4, -0.2) is 24.4 Å². The number of carbonyl (C=O) groups excluding carboxylic acids is 1. The zero-order chi connectivity index (χ0) is 18.7. The Morgan fingerprint density at radius 1 is 1.04 bits per heavy atom. The fraction of sp³-hybridized carbons (Fsp3) is 0.381. The number of urea groups is 1. The molecule has 142 valence electrons. The lowest BCUT2D eigenvalue weighted by molar-refractivity contribution is -0.0716. The van der Waals surface area contributed by atoms with Gasteiger partial charge in [0.1, 0.15) is 0 Å². The van der Waals surface area contributed by atoms with E-state index in [-0.39, 0.29) is 12.1 Å². The molecular weight excluding hydrogens is 342 g/mol. The van der Waals surface area contributed by atoms with Gasteiger partial charge in [0.25, 0.3) is 5.79 Å². The van der Waals surface area contributed by atoms with Crippen molar-refractivity contribution >= 4 is 17.4 Å². The number of rotatable bonds is 5. The maximum absolute atomic E-state index is 12.3. The molecule has 27 heavy (non-hydrogen) atoms. The van der Waals surface area contributed by atoms with Crippen molar-refractivity contribution in [1.29, 1.82) is 0 Å². The molecule has 1 spiro atoms. The second-order valence-corrected chi connectivity index (χ2v) is 7.23. The number of amides is 2. The van der Waals surface area contributed by atoms with Crippen LogP contribution in [0.3, 0.4) is 0 Å². The van der Waals surface area contributed by atoms with Crippen LogP contribution in [0.4, 0.5) is 16.2 Å². The van der Waals surface area contributed by atoms with Gasteiger partial charge >= 0.3 is 6.03 Å². The normalized spacial score (nSPS) is 17.5. The molecule has 4 rings (SSSR count). The molecule has 1 aliphatic carbocycles. The maximum atomic E-state index is 12.3. The average Bonchev–Trinajstić information content (AvgIpc) is 3.26. The zero-order valence-corrected chi connectivity index (χ0v) is 15.5. The Kier molecular flexibility index (Phi) is 4.79. The lowest BCUT2D eigenvalue weighted by Crippen LogP contribution is -2.40. The summed E-state index contributed by atoms with van der Waals surface area (Å²) in [4.78, 5) is 12.3. The van der Waals surface area contributed by atoms with Crippen molar-refractivity contribution in [2.45, 2.75) is 44.4 Å². The standard InChI is InChI=1S/C21H25N3O3/c1-15(14-22-16-7-3-2-4-8-16)23-20(25)24-17-9-10-18-19(13-17)27-21(26-18)11-5-6-12-21/h2-4,7-10,13,15,22H,5-6,11-12,14H2,1H3,(H2,23,24,25)/t15-/m0/s1. The molecule has 0 unspecified atom stereocenters. The topological polar surface area (TPSA) is 71.6 Å². The van der Waals surface area contributed by atoms with Crippen LogP contribution in [0, 0.1) is 0 Å². The van der Waals surface area contributed by atoms with E-state index in [0.29, 0.717) is 18.0 Å². The minimum Gasteiger partial charge on any atom is -0.448 e. The molecule has 1 heterocycles. The van der Waals surface area contributed by atoms with E-state index >= 15 is 0 Å². The Balaban J connectivity index is 1.29. The first-order valence-corrected chi connectivity index (χ1v) is 9.50. The van der Waals surface area contributed by atoms with Gasteiger partial charge in [-0.3, -0.25) is 0 Å². The van der Waals surface area contributed by atoms with Crippen molar-refractivity contribution in [2.75, 3.05) is 17.2 Å². The van der Waals surface area contributed by atoms with Crippen LogP contribution >= 0.6 is 0 Å². The second-order valence-electron chi connectivity index (χ2n) is 7.23. The Bertz CT molecular complexity index is 804. The molecule has 0 saturated heterocycles. The molecule has 0 aromatic heterocycles. The fourth-order valence-electron chi connectivity index (χ4n) is 3.56. The summed E-state index contributed by atoms with van der Waals surface area (Å²) >= 11 is 0. The molecule has 6 nitrogen and oxygen atoms in total. The van der Waals surface area contributed by atoms with Gasteiger partial charge in [-0.05, 0) is 44.0 Å². The monoisotopic (exact) mass is 367 g/mol. The minimum absolute atomic E-state index is 0.0269. The molecule has 2 aromatic rings. The maximum Gasteiger partial charge on any atom is 0.319 e. The van der Waals surface area contributed by atoms with Crippen molar-refractivity contribution in [3.05, 3.63) is 48.5 Å². The number of hydrogen-bond acceptors (Lipinski definition) is 4. The number of nitrogens with one attached hydrogen (secondary N) is 3. The molecule has 1 atom stereocenters. The van der Waals surface area contributed by atoms with Gasteiger partial charge in [-0.1, -0.05) is 18.2 Å². The van der Waals surface area contributed by atoms with Crippen molar-refractivity contribution in [2.24, 2.45) is 0 Å². The van der Waals surface area contributed by atoms with Gasteiger partial charge in [-0.25, -0.2) is 4.79 Å². The van der Waals surface area contributed by atoms with Crippen LogP contribution in [0.5, 0.6) is 11.5 Å². The van der Waals surface area contributed by atoms with Crippen LogP contribution in [0.1, 0.15) is 32.6 Å². The summed E-state index contributed by atoms with van der Waals surface area (Å²) < 4.78 is 12.0. The number of benzene rings is 2. The van der Waals surface area contributed by atoms with Crippen molar-refractivity contribution in [3.8, 4) is 11.5 Å². The Hall–Kier alpha value is -2.89. The highest BCUT2D eigenvalue weighted by atomic mass is 16.7. The van der Waals surface area contributed by atoms with Gasteiger partial charge in [0, 0.05) is 42.9 Å². The first kappa shape index (κ1) is 17.5. The van der Waals surface area contributed by atoms with Gasteiger partial charge in [-0.2, -0.15) is 0 Å². The van der Waals surface area contributed by atoms with Crippen LogP contribution in [0.15, 0.2) is 48.5 Å². The summed E-state index contributed by atoms with van der Waals surface area (Å²) in [6.45, 7) is 2.60. The van der Waals surface area contributed by atoms with Gasteiger partial charge in [0.2, 0.25) is 0 Å². The van der Waals surface area contributed by atoms with Gasteiger partial charge in [0.15, 0.2) is 11.5 Å². The Morgan fingerprint density at radius 3 is 2.56 bits per heavy atom. The lowest BCUT2D eigenvalue weighted by atomic mass is 10.2. The Morgan fingerprint density at radius 2 is 1.78 bits per heavy atom. The first-order valence-electron chi connectivity index (χ1n) is 9.50. The van der Waals surface area contributed by atoms with Crippen LogP contribution in [0.2, 0.25) is 0 Å². The van der Waals surface area contributed by atoms with E-state index in [9.17, 15) is 4.79 Å². The van der Waals surface area contributed by atoms with Crippen LogP contribution < -0.4 is 25.4 Å². The van der Waals surface area contributed by atoms with Gasteiger partial charge in [0.05, 0.1) is 0 Å². The molecule has 1 fully saturated rings. The van der Waals surface area contributed by atoms with Crippen molar-refractivity contribution in [1.82, 2.24) is 5.32 Å². The molecule has 1 aliphatic heterocycles. The van der Waals surface area contributed by atoms with E-state index in [1.807, 2.05) is 55.5 Å². The molecule has 1 saturated carbocycles. The van der Waals surface area contributed by atoms with Crippen LogP contribution in [0.25, 0.3) is 0 Å². The quantitative estimate of drug-likeness (QED) is 0.735. The minimum atomic E-state index is -0.485. The molecule has 3 N–H and O–H groups in total. The molecule has 6 heteroatoms. The van der Waals surface area contributed by atoms with E-state index in [4.69, 9.17) is 9.47 Å². The summed E-state index contributed by atoms with van der Waals surface area (Å²) in [7, 11) is 0. The number of carbonyl (C=O) groups is 1. The third-order valence-corrected chi connectivity index (χ3v) is 4.92. The molecule has 0 bridgehead atoms. The fourth-order valence-corrected chi connectivity index (χ4v) is 3.56. The largest absolute Gasteiger partial charge is 0.448 e. The average molecular weight is 367 g/mol. The Labute approximate surface area is 159 Å². The SMILES string of the molecule is C[C@@H](CNc1ccccc1)NC(=O)Nc1ccc2c(c1)OC1(CCCC1)O2. The molecule has 2 amide bonds. The predicted octanol–water partition coefficient (Wildman–Crippen LogP) is 4.35. The van der Waals surface area contributed by atoms with Crippen molar-refractivity contribution in [3.63, 3.8) is 0 Å². The molecular formula is C21H25N3O3. The highest BCUT2D eigenvalue weighted by Gasteiger charge is 2.44. The summed E-state index contributed by atoms with van der Waals surface area (Å²) in [6.07, 6.45) is 4.07. The second kappa shape index (κ2) is 7.39. The number of hydrogen-bond donors (Lipinski definition) is 3. The first-order chi connectivity index (χ1) is 13.1. The number of para-hydroxylation sites is 1. The van der Waals surface area contributed by atoms with E-state index < -0.39 is 5.79 Å². The number of fused-ring (bicyclic) bond motifs is 1. The van der Waals surface area contributed by atoms with E-state index in [1.54, 1.807) is 0 Å². The highest BCUT2D eigenvalue weighted by Crippen LogP contribution is 2.47. The van der Waals surface area contributed by atoms with E-state index in [1.165, 1.54) is 0 Å². The number of ether oxygens (including phenoxy) is 2. The predicted molar refractivity (Wildman–Crippen MR) is 105 cm³/mol. The molecule has 0 radical (unpaired) electrons. The molecule has 2 aromatic carbocycles. The van der Waals surface area contributed by atoms with Gasteiger partial charge < -0.3 is 25.4 Å². The van der Waals surface area contributed by atoms with E-state index in [0.717, 1.165) is 37.1 Å². The summed E-state index contributed by atoms with van der Waals surface area (Å²) in [5, 5.41) is 9.09. The molecule has 2 aliphatic rings. The summed E-state index contributed by atoms with van der Waals surface area (Å²) in [5.74, 6) is 0.970. The highest BCUT2D eigenvalue weighted by molar-refractivity contribution is 5.89. The van der Waals surface area contributed by atoms with Crippen molar-refractivity contribution < 1.29 is 14.3 Å². The zero-order valence-electron chi connectivity index (χ0n) is 15.5. The third-order valence-electron chi connectivity index (χ3n) is 4.92. The van der Waals surface area contributed by atoms with Crippen LogP contribution in [-0.2, 0) is 0 Å². The summed E-state index contributed by atoms with van der Waals surface area (Å²) in [5.41, 5.74) is 1.72.